The van der Waals surface area contributed by atoms with E-state index >= 15 is 0 Å². The zero-order valence-electron chi connectivity index (χ0n) is 7.05. The number of hydrogen-bond donors (Lipinski definition) is 3. The van der Waals surface area contributed by atoms with Gasteiger partial charge in [0.15, 0.2) is 0 Å². The Balaban J connectivity index is 2.53. The van der Waals surface area contributed by atoms with Gasteiger partial charge in [-0.1, -0.05) is 12.8 Å². The van der Waals surface area contributed by atoms with Gasteiger partial charge in [0.05, 0.1) is 6.61 Å². The summed E-state index contributed by atoms with van der Waals surface area (Å²) in [6, 6.07) is 0. The van der Waals surface area contributed by atoms with Crippen molar-refractivity contribution in [3.05, 3.63) is 0 Å². The van der Waals surface area contributed by atoms with Gasteiger partial charge in [-0.2, -0.15) is 0 Å². The van der Waals surface area contributed by atoms with Crippen LogP contribution >= 0.6 is 0 Å². The number of carboxylic acid groups (broad SMARTS) is 1. The molecule has 0 heterocycles. The molecule has 0 aromatic heterocycles. The maximum atomic E-state index is 10.9. The number of carbonyl (C=O) groups is 1. The maximum absolute atomic E-state index is 10.9. The largest absolute Gasteiger partial charge is 0.480 e. The first kappa shape index (κ1) is 9.48. The summed E-state index contributed by atoms with van der Waals surface area (Å²) in [5, 5.41) is 20.4. The van der Waals surface area contributed by atoms with Crippen LogP contribution in [-0.2, 0) is 4.79 Å². The molecule has 1 saturated carbocycles. The SMILES string of the molecule is O=C(O)C1(NCCO)CCCC1. The Morgan fingerprint density at radius 3 is 2.42 bits per heavy atom. The number of aliphatic hydroxyl groups is 1. The molecule has 12 heavy (non-hydrogen) atoms. The van der Waals surface area contributed by atoms with Gasteiger partial charge in [0.1, 0.15) is 5.54 Å². The smallest absolute Gasteiger partial charge is 0.323 e. The molecular weight excluding hydrogens is 158 g/mol. The Morgan fingerprint density at radius 1 is 1.42 bits per heavy atom. The third kappa shape index (κ3) is 1.76. The highest BCUT2D eigenvalue weighted by atomic mass is 16.4. The second kappa shape index (κ2) is 3.87. The van der Waals surface area contributed by atoms with E-state index in [1.807, 2.05) is 0 Å². The highest BCUT2D eigenvalue weighted by molar-refractivity contribution is 5.79. The summed E-state index contributed by atoms with van der Waals surface area (Å²) in [6.07, 6.45) is 3.29. The number of nitrogens with one attached hydrogen (secondary N) is 1. The van der Waals surface area contributed by atoms with Crippen LogP contribution in [0.1, 0.15) is 25.7 Å². The molecule has 4 nitrogen and oxygen atoms in total. The third-order valence-corrected chi connectivity index (χ3v) is 2.44. The molecule has 4 heteroatoms. The molecule has 1 aliphatic carbocycles. The fourth-order valence-electron chi connectivity index (χ4n) is 1.74. The zero-order valence-corrected chi connectivity index (χ0v) is 7.05. The summed E-state index contributed by atoms with van der Waals surface area (Å²) >= 11 is 0. The Labute approximate surface area is 71.6 Å². The van der Waals surface area contributed by atoms with Gasteiger partial charge in [0, 0.05) is 6.54 Å². The molecule has 0 bridgehead atoms. The first-order valence-corrected chi connectivity index (χ1v) is 4.30. The van der Waals surface area contributed by atoms with Crippen molar-refractivity contribution < 1.29 is 15.0 Å². The summed E-state index contributed by atoms with van der Waals surface area (Å²) in [6.45, 7) is 0.362. The van der Waals surface area contributed by atoms with Crippen molar-refractivity contribution in [1.29, 1.82) is 0 Å². The molecule has 0 saturated heterocycles. The molecule has 1 aliphatic rings. The number of rotatable bonds is 4. The number of aliphatic hydroxyl groups excluding tert-OH is 1. The lowest BCUT2D eigenvalue weighted by atomic mass is 9.98. The van der Waals surface area contributed by atoms with Crippen molar-refractivity contribution in [3.8, 4) is 0 Å². The number of β-amino-alcohol motifs (C(OH)–C–C–N with tert-alkyl or cyclic N) is 1. The van der Waals surface area contributed by atoms with E-state index in [1.165, 1.54) is 0 Å². The standard InChI is InChI=1S/C8H15NO3/c10-6-5-9-8(7(11)12)3-1-2-4-8/h9-10H,1-6H2,(H,11,12). The van der Waals surface area contributed by atoms with E-state index in [0.29, 0.717) is 19.4 Å². The highest BCUT2D eigenvalue weighted by Crippen LogP contribution is 2.29. The number of hydrogen-bond acceptors (Lipinski definition) is 3. The van der Waals surface area contributed by atoms with Crippen LogP contribution in [-0.4, -0.2) is 34.9 Å². The molecule has 0 spiro atoms. The maximum Gasteiger partial charge on any atom is 0.323 e. The van der Waals surface area contributed by atoms with Crippen LogP contribution in [0.3, 0.4) is 0 Å². The van der Waals surface area contributed by atoms with Crippen LogP contribution in [0.15, 0.2) is 0 Å². The second-order valence-corrected chi connectivity index (χ2v) is 3.24. The van der Waals surface area contributed by atoms with Gasteiger partial charge in [-0.15, -0.1) is 0 Å². The van der Waals surface area contributed by atoms with E-state index in [9.17, 15) is 4.79 Å². The minimum Gasteiger partial charge on any atom is -0.480 e. The highest BCUT2D eigenvalue weighted by Gasteiger charge is 2.40. The summed E-state index contributed by atoms with van der Waals surface area (Å²) in [5.74, 6) is -0.784. The topological polar surface area (TPSA) is 69.6 Å². The van der Waals surface area contributed by atoms with E-state index in [0.717, 1.165) is 12.8 Å². The van der Waals surface area contributed by atoms with Gasteiger partial charge in [0.25, 0.3) is 0 Å². The summed E-state index contributed by atoms with van der Waals surface area (Å²) < 4.78 is 0. The molecule has 3 N–H and O–H groups in total. The van der Waals surface area contributed by atoms with Gasteiger partial charge in [-0.05, 0) is 12.8 Å². The lowest BCUT2D eigenvalue weighted by Crippen LogP contribution is -2.50. The fraction of sp³-hybridized carbons (Fsp3) is 0.875. The molecule has 0 aromatic rings. The zero-order chi connectivity index (χ0) is 9.03. The van der Waals surface area contributed by atoms with Gasteiger partial charge in [0.2, 0.25) is 0 Å². The Kier molecular flexibility index (Phi) is 3.05. The van der Waals surface area contributed by atoms with Gasteiger partial charge in [-0.25, -0.2) is 0 Å². The summed E-state index contributed by atoms with van der Waals surface area (Å²) in [4.78, 5) is 10.9. The molecule has 1 fully saturated rings. The Morgan fingerprint density at radius 2 is 2.00 bits per heavy atom. The molecule has 0 aliphatic heterocycles. The van der Waals surface area contributed by atoms with Crippen molar-refractivity contribution in [1.82, 2.24) is 5.32 Å². The van der Waals surface area contributed by atoms with Crippen LogP contribution in [0, 0.1) is 0 Å². The van der Waals surface area contributed by atoms with Gasteiger partial charge in [-0.3, -0.25) is 10.1 Å². The van der Waals surface area contributed by atoms with Gasteiger partial charge >= 0.3 is 5.97 Å². The monoisotopic (exact) mass is 173 g/mol. The average Bonchev–Trinajstić information content (AvgIpc) is 2.50. The lowest BCUT2D eigenvalue weighted by molar-refractivity contribution is -0.144. The molecular formula is C8H15NO3. The normalized spacial score (nSPS) is 21.1. The van der Waals surface area contributed by atoms with Crippen molar-refractivity contribution in [3.63, 3.8) is 0 Å². The molecule has 0 aromatic carbocycles. The van der Waals surface area contributed by atoms with E-state index in [2.05, 4.69) is 5.32 Å². The second-order valence-electron chi connectivity index (χ2n) is 3.24. The Hall–Kier alpha value is -0.610. The van der Waals surface area contributed by atoms with Crippen molar-refractivity contribution in [2.75, 3.05) is 13.2 Å². The van der Waals surface area contributed by atoms with E-state index in [4.69, 9.17) is 10.2 Å². The molecule has 1 rings (SSSR count). The van der Waals surface area contributed by atoms with Crippen molar-refractivity contribution in [2.45, 2.75) is 31.2 Å². The summed E-state index contributed by atoms with van der Waals surface area (Å²) in [5.41, 5.74) is -0.747. The quantitative estimate of drug-likeness (QED) is 0.558. The molecule has 0 atom stereocenters. The molecule has 0 radical (unpaired) electrons. The van der Waals surface area contributed by atoms with Crippen LogP contribution in [0.4, 0.5) is 0 Å². The van der Waals surface area contributed by atoms with Crippen LogP contribution in [0.25, 0.3) is 0 Å². The van der Waals surface area contributed by atoms with E-state index in [-0.39, 0.29) is 6.61 Å². The van der Waals surface area contributed by atoms with Crippen LogP contribution < -0.4 is 5.32 Å². The number of carboxylic acids is 1. The van der Waals surface area contributed by atoms with E-state index < -0.39 is 11.5 Å². The van der Waals surface area contributed by atoms with Crippen molar-refractivity contribution in [2.24, 2.45) is 0 Å². The van der Waals surface area contributed by atoms with Crippen LogP contribution in [0.2, 0.25) is 0 Å². The van der Waals surface area contributed by atoms with E-state index in [1.54, 1.807) is 0 Å². The first-order valence-electron chi connectivity index (χ1n) is 4.30. The summed E-state index contributed by atoms with van der Waals surface area (Å²) in [7, 11) is 0. The van der Waals surface area contributed by atoms with Crippen LogP contribution in [0.5, 0.6) is 0 Å². The minimum absolute atomic E-state index is 0.00493. The predicted molar refractivity (Wildman–Crippen MR) is 43.9 cm³/mol. The predicted octanol–water partition coefficient (Wildman–Crippen LogP) is -0.0343. The lowest BCUT2D eigenvalue weighted by Gasteiger charge is -2.24. The molecule has 0 amide bonds. The first-order chi connectivity index (χ1) is 5.71. The van der Waals surface area contributed by atoms with Gasteiger partial charge < -0.3 is 10.2 Å². The minimum atomic E-state index is -0.784. The average molecular weight is 173 g/mol. The van der Waals surface area contributed by atoms with Crippen molar-refractivity contribution >= 4 is 5.97 Å². The Bertz CT molecular complexity index is 164. The molecule has 0 unspecified atom stereocenters. The molecule has 70 valence electrons. The number of aliphatic carboxylic acids is 1. The fourth-order valence-corrected chi connectivity index (χ4v) is 1.74. The third-order valence-electron chi connectivity index (χ3n) is 2.44.